The number of hydrogen-bond acceptors (Lipinski definition) is 4. The van der Waals surface area contributed by atoms with E-state index < -0.39 is 5.97 Å². The molecule has 6 nitrogen and oxygen atoms in total. The van der Waals surface area contributed by atoms with Gasteiger partial charge in [0.05, 0.1) is 11.4 Å². The van der Waals surface area contributed by atoms with Crippen molar-refractivity contribution in [2.45, 2.75) is 13.8 Å². The molecular weight excluding hydrogens is 373 g/mol. The first-order valence-corrected chi connectivity index (χ1v) is 8.34. The molecule has 1 heterocycles. The Labute approximate surface area is 159 Å². The summed E-state index contributed by atoms with van der Waals surface area (Å²) >= 11 is 6.31. The van der Waals surface area contributed by atoms with Crippen LogP contribution >= 0.6 is 11.6 Å². The summed E-state index contributed by atoms with van der Waals surface area (Å²) in [5, 5.41) is 6.92. The predicted molar refractivity (Wildman–Crippen MR) is 99.0 cm³/mol. The lowest BCUT2D eigenvalue weighted by Crippen LogP contribution is -2.10. The number of halogens is 2. The highest BCUT2D eigenvalue weighted by Gasteiger charge is 2.23. The number of benzene rings is 2. The first kappa shape index (κ1) is 18.6. The van der Waals surface area contributed by atoms with Gasteiger partial charge >= 0.3 is 5.97 Å². The molecule has 3 rings (SSSR count). The van der Waals surface area contributed by atoms with E-state index in [9.17, 15) is 14.0 Å². The molecule has 27 heavy (non-hydrogen) atoms. The molecule has 0 saturated carbocycles. The van der Waals surface area contributed by atoms with Crippen LogP contribution in [0.3, 0.4) is 0 Å². The summed E-state index contributed by atoms with van der Waals surface area (Å²) in [6.07, 6.45) is 0. The van der Waals surface area contributed by atoms with E-state index in [1.807, 2.05) is 0 Å². The van der Waals surface area contributed by atoms with E-state index in [1.165, 1.54) is 35.9 Å². The van der Waals surface area contributed by atoms with Crippen LogP contribution < -0.4 is 10.1 Å². The lowest BCUT2D eigenvalue weighted by atomic mass is 10.2. The predicted octanol–water partition coefficient (Wildman–Crippen LogP) is 4.15. The number of ether oxygens (including phenoxy) is 1. The topological polar surface area (TPSA) is 73.2 Å². The van der Waals surface area contributed by atoms with Crippen molar-refractivity contribution in [2.24, 2.45) is 0 Å². The second-order valence-electron chi connectivity index (χ2n) is 5.73. The molecule has 0 bridgehead atoms. The van der Waals surface area contributed by atoms with Crippen LogP contribution in [0.4, 0.5) is 10.1 Å². The Bertz CT molecular complexity index is 998. The van der Waals surface area contributed by atoms with E-state index >= 15 is 0 Å². The molecule has 0 radical (unpaired) electrons. The third-order valence-electron chi connectivity index (χ3n) is 3.66. The van der Waals surface area contributed by atoms with E-state index in [-0.39, 0.29) is 22.4 Å². The molecule has 2 aromatic carbocycles. The zero-order valence-electron chi connectivity index (χ0n) is 14.5. The van der Waals surface area contributed by atoms with Gasteiger partial charge < -0.3 is 10.1 Å². The van der Waals surface area contributed by atoms with Gasteiger partial charge in [0.25, 0.3) is 0 Å². The van der Waals surface area contributed by atoms with Crippen LogP contribution in [-0.4, -0.2) is 21.7 Å². The maximum Gasteiger partial charge on any atom is 0.348 e. The van der Waals surface area contributed by atoms with Crippen LogP contribution in [0.2, 0.25) is 5.15 Å². The summed E-state index contributed by atoms with van der Waals surface area (Å²) in [4.78, 5) is 23.6. The molecule has 0 fully saturated rings. The summed E-state index contributed by atoms with van der Waals surface area (Å²) < 4.78 is 19.8. The van der Waals surface area contributed by atoms with Gasteiger partial charge in [0.2, 0.25) is 5.91 Å². The largest absolute Gasteiger partial charge is 0.423 e. The second-order valence-corrected chi connectivity index (χ2v) is 6.09. The van der Waals surface area contributed by atoms with Crippen molar-refractivity contribution in [3.05, 3.63) is 70.8 Å². The molecular formula is C19H15ClFN3O3. The van der Waals surface area contributed by atoms with Crippen LogP contribution in [0.25, 0.3) is 5.69 Å². The number of carbonyl (C=O) groups excluding carboxylic acids is 2. The number of esters is 1. The van der Waals surface area contributed by atoms with Crippen molar-refractivity contribution in [3.8, 4) is 11.4 Å². The molecule has 8 heteroatoms. The van der Waals surface area contributed by atoms with E-state index in [2.05, 4.69) is 10.4 Å². The fraction of sp³-hybridized carbons (Fsp3) is 0.105. The zero-order chi connectivity index (χ0) is 19.6. The highest BCUT2D eigenvalue weighted by atomic mass is 35.5. The number of carbonyl (C=O) groups is 2. The van der Waals surface area contributed by atoms with Gasteiger partial charge in [0.1, 0.15) is 22.3 Å². The quantitative estimate of drug-likeness (QED) is 0.539. The van der Waals surface area contributed by atoms with E-state index in [0.717, 1.165) is 0 Å². The minimum atomic E-state index is -0.668. The molecule has 0 aliphatic rings. The lowest BCUT2D eigenvalue weighted by Gasteiger charge is -2.06. The standard InChI is InChI=1S/C19H15ClFN3O3/c1-11-17(18(20)24(23-11)15-7-3-13(21)4-8-15)19(26)27-16-9-5-14(6-10-16)22-12(2)25/h3-10H,1-2H3,(H,22,25). The molecule has 1 aromatic heterocycles. The van der Waals surface area contributed by atoms with Gasteiger partial charge in [-0.3, -0.25) is 4.79 Å². The van der Waals surface area contributed by atoms with Crippen LogP contribution in [0.15, 0.2) is 48.5 Å². The maximum atomic E-state index is 13.1. The van der Waals surface area contributed by atoms with Crippen molar-refractivity contribution in [1.82, 2.24) is 9.78 Å². The Hall–Kier alpha value is -3.19. The molecule has 0 saturated heterocycles. The van der Waals surface area contributed by atoms with Gasteiger partial charge in [0.15, 0.2) is 0 Å². The fourth-order valence-corrected chi connectivity index (χ4v) is 2.80. The van der Waals surface area contributed by atoms with Gasteiger partial charge in [-0.1, -0.05) is 11.6 Å². The highest BCUT2D eigenvalue weighted by Crippen LogP contribution is 2.26. The van der Waals surface area contributed by atoms with Crippen molar-refractivity contribution >= 4 is 29.2 Å². The average molecular weight is 388 g/mol. The number of nitrogens with zero attached hydrogens (tertiary/aromatic N) is 2. The van der Waals surface area contributed by atoms with E-state index in [0.29, 0.717) is 22.8 Å². The molecule has 0 atom stereocenters. The van der Waals surface area contributed by atoms with Crippen molar-refractivity contribution in [1.29, 1.82) is 0 Å². The highest BCUT2D eigenvalue weighted by molar-refractivity contribution is 6.33. The Morgan fingerprint density at radius 1 is 1.11 bits per heavy atom. The SMILES string of the molecule is CC(=O)Nc1ccc(OC(=O)c2c(C)nn(-c3ccc(F)cc3)c2Cl)cc1. The minimum absolute atomic E-state index is 0.0685. The van der Waals surface area contributed by atoms with Crippen molar-refractivity contribution in [2.75, 3.05) is 5.32 Å². The molecule has 138 valence electrons. The van der Waals surface area contributed by atoms with Gasteiger partial charge in [-0.25, -0.2) is 13.9 Å². The first-order valence-electron chi connectivity index (χ1n) is 7.96. The third kappa shape index (κ3) is 4.15. The molecule has 0 aliphatic carbocycles. The summed E-state index contributed by atoms with van der Waals surface area (Å²) in [6, 6.07) is 11.9. The van der Waals surface area contributed by atoms with Crippen molar-refractivity contribution in [3.63, 3.8) is 0 Å². The number of rotatable bonds is 4. The number of aryl methyl sites for hydroxylation is 1. The smallest absolute Gasteiger partial charge is 0.348 e. The maximum absolute atomic E-state index is 13.1. The Morgan fingerprint density at radius 3 is 2.33 bits per heavy atom. The Balaban J connectivity index is 1.83. The molecule has 0 aliphatic heterocycles. The van der Waals surface area contributed by atoms with Crippen LogP contribution in [0, 0.1) is 12.7 Å². The van der Waals surface area contributed by atoms with Crippen LogP contribution in [-0.2, 0) is 4.79 Å². The molecule has 3 aromatic rings. The monoisotopic (exact) mass is 387 g/mol. The number of nitrogens with one attached hydrogen (secondary N) is 1. The van der Waals surface area contributed by atoms with Gasteiger partial charge in [-0.05, 0) is 55.5 Å². The fourth-order valence-electron chi connectivity index (χ4n) is 2.45. The molecule has 1 N–H and O–H groups in total. The first-order chi connectivity index (χ1) is 12.8. The third-order valence-corrected chi connectivity index (χ3v) is 4.01. The normalized spacial score (nSPS) is 10.5. The molecule has 0 unspecified atom stereocenters. The zero-order valence-corrected chi connectivity index (χ0v) is 15.2. The van der Waals surface area contributed by atoms with Crippen LogP contribution in [0.1, 0.15) is 23.0 Å². The van der Waals surface area contributed by atoms with Gasteiger partial charge in [-0.2, -0.15) is 5.10 Å². The number of aromatic nitrogens is 2. The van der Waals surface area contributed by atoms with Crippen molar-refractivity contribution < 1.29 is 18.7 Å². The minimum Gasteiger partial charge on any atom is -0.423 e. The van der Waals surface area contributed by atoms with E-state index in [1.54, 1.807) is 31.2 Å². The van der Waals surface area contributed by atoms with Crippen LogP contribution in [0.5, 0.6) is 5.75 Å². The Kier molecular flexibility index (Phi) is 5.23. The molecule has 1 amide bonds. The van der Waals surface area contributed by atoms with Gasteiger partial charge in [0, 0.05) is 12.6 Å². The number of amides is 1. The lowest BCUT2D eigenvalue weighted by molar-refractivity contribution is -0.114. The van der Waals surface area contributed by atoms with E-state index in [4.69, 9.17) is 16.3 Å². The number of anilines is 1. The number of hydrogen-bond donors (Lipinski definition) is 1. The summed E-state index contributed by atoms with van der Waals surface area (Å²) in [6.45, 7) is 3.03. The second kappa shape index (κ2) is 7.59. The Morgan fingerprint density at radius 2 is 1.74 bits per heavy atom. The summed E-state index contributed by atoms with van der Waals surface area (Å²) in [7, 11) is 0. The summed E-state index contributed by atoms with van der Waals surface area (Å²) in [5.41, 5.74) is 1.60. The van der Waals surface area contributed by atoms with Gasteiger partial charge in [-0.15, -0.1) is 0 Å². The summed E-state index contributed by atoms with van der Waals surface area (Å²) in [5.74, 6) is -0.964. The molecule has 0 spiro atoms. The average Bonchev–Trinajstić information content (AvgIpc) is 2.91.